The van der Waals surface area contributed by atoms with Crippen LogP contribution in [0.1, 0.15) is 11.1 Å². The van der Waals surface area contributed by atoms with Gasteiger partial charge in [-0.2, -0.15) is 0 Å². The number of ether oxygens (including phenoxy) is 1. The second kappa shape index (κ2) is 9.66. The van der Waals surface area contributed by atoms with Crippen molar-refractivity contribution in [2.45, 2.75) is 6.54 Å². The van der Waals surface area contributed by atoms with Crippen LogP contribution in [0.2, 0.25) is 5.02 Å². The standard InChI is InChI=1S/C25H22ClN3O4S/c26-19-5-3-4-17(12-19)14-28-15-18(20-6-1-2-7-21(20)28)13-22-24(31)29(25(32)34-22)16-23(30)27-8-10-33-11-9-27/h1-7,12-13,15H,8-11,14,16H2/b22-13-. The number of hydrogen-bond acceptors (Lipinski definition) is 5. The first kappa shape index (κ1) is 22.7. The summed E-state index contributed by atoms with van der Waals surface area (Å²) < 4.78 is 7.36. The first-order chi connectivity index (χ1) is 16.5. The highest BCUT2D eigenvalue weighted by Crippen LogP contribution is 2.34. The number of aromatic nitrogens is 1. The van der Waals surface area contributed by atoms with E-state index in [9.17, 15) is 14.4 Å². The van der Waals surface area contributed by atoms with Gasteiger partial charge < -0.3 is 14.2 Å². The summed E-state index contributed by atoms with van der Waals surface area (Å²) in [6.07, 6.45) is 3.71. The van der Waals surface area contributed by atoms with Crippen molar-refractivity contribution in [2.24, 2.45) is 0 Å². The lowest BCUT2D eigenvalue weighted by Crippen LogP contribution is -2.46. The van der Waals surface area contributed by atoms with Crippen LogP contribution in [0.4, 0.5) is 4.79 Å². The molecule has 2 saturated heterocycles. The summed E-state index contributed by atoms with van der Waals surface area (Å²) in [7, 11) is 0. The fraction of sp³-hybridized carbons (Fsp3) is 0.240. The average molecular weight is 496 g/mol. The van der Waals surface area contributed by atoms with Gasteiger partial charge in [-0.3, -0.25) is 19.3 Å². The van der Waals surface area contributed by atoms with Crippen LogP contribution in [0.15, 0.2) is 59.6 Å². The van der Waals surface area contributed by atoms with Crippen LogP contribution >= 0.6 is 23.4 Å². The number of para-hydroxylation sites is 1. The van der Waals surface area contributed by atoms with E-state index < -0.39 is 11.1 Å². The van der Waals surface area contributed by atoms with Crippen molar-refractivity contribution >= 4 is 57.4 Å². The third kappa shape index (κ3) is 4.61. The molecule has 3 amide bonds. The number of morpholine rings is 1. The number of carbonyl (C=O) groups is 3. The first-order valence-electron chi connectivity index (χ1n) is 10.9. The molecule has 7 nitrogen and oxygen atoms in total. The summed E-state index contributed by atoms with van der Waals surface area (Å²) >= 11 is 7.01. The van der Waals surface area contributed by atoms with Gasteiger partial charge in [-0.05, 0) is 41.6 Å². The van der Waals surface area contributed by atoms with E-state index in [2.05, 4.69) is 4.57 Å². The lowest BCUT2D eigenvalue weighted by atomic mass is 10.1. The molecule has 34 heavy (non-hydrogen) atoms. The van der Waals surface area contributed by atoms with Crippen LogP contribution < -0.4 is 0 Å². The van der Waals surface area contributed by atoms with E-state index in [1.807, 2.05) is 54.7 Å². The molecule has 0 N–H and O–H groups in total. The molecule has 5 rings (SSSR count). The predicted octanol–water partition coefficient (Wildman–Crippen LogP) is 4.24. The Balaban J connectivity index is 1.40. The van der Waals surface area contributed by atoms with Gasteiger partial charge in [0.1, 0.15) is 6.54 Å². The highest BCUT2D eigenvalue weighted by molar-refractivity contribution is 8.18. The van der Waals surface area contributed by atoms with Crippen LogP contribution in [0, 0.1) is 0 Å². The molecular weight excluding hydrogens is 474 g/mol. The molecule has 0 aliphatic carbocycles. The monoisotopic (exact) mass is 495 g/mol. The maximum Gasteiger partial charge on any atom is 0.294 e. The Labute approximate surface area is 205 Å². The van der Waals surface area contributed by atoms with Gasteiger partial charge in [0.2, 0.25) is 5.91 Å². The SMILES string of the molecule is O=C(CN1C(=O)S/C(=C\c2cn(Cc3cccc(Cl)c3)c3ccccc23)C1=O)N1CCOCC1. The summed E-state index contributed by atoms with van der Waals surface area (Å²) in [6, 6.07) is 15.6. The van der Waals surface area contributed by atoms with Crippen LogP contribution in [-0.2, 0) is 20.9 Å². The molecule has 0 radical (unpaired) electrons. The van der Waals surface area contributed by atoms with Crippen LogP contribution in [0.3, 0.4) is 0 Å². The predicted molar refractivity (Wildman–Crippen MR) is 133 cm³/mol. The highest BCUT2D eigenvalue weighted by atomic mass is 35.5. The van der Waals surface area contributed by atoms with Crippen molar-refractivity contribution in [3.63, 3.8) is 0 Å². The second-order valence-electron chi connectivity index (χ2n) is 8.12. The van der Waals surface area contributed by atoms with Gasteiger partial charge in [-0.15, -0.1) is 0 Å². The lowest BCUT2D eigenvalue weighted by Gasteiger charge is -2.28. The van der Waals surface area contributed by atoms with Gasteiger partial charge in [-0.1, -0.05) is 41.9 Å². The molecule has 3 aromatic rings. The minimum Gasteiger partial charge on any atom is -0.378 e. The first-order valence-corrected chi connectivity index (χ1v) is 12.1. The zero-order chi connectivity index (χ0) is 23.7. The van der Waals surface area contributed by atoms with Crippen molar-refractivity contribution in [3.05, 3.63) is 75.8 Å². The van der Waals surface area contributed by atoms with Crippen molar-refractivity contribution < 1.29 is 19.1 Å². The fourth-order valence-corrected chi connectivity index (χ4v) is 5.22. The molecule has 2 fully saturated rings. The Kier molecular flexibility index (Phi) is 6.45. The van der Waals surface area contributed by atoms with E-state index in [4.69, 9.17) is 16.3 Å². The summed E-state index contributed by atoms with van der Waals surface area (Å²) in [5.74, 6) is -0.687. The zero-order valence-electron chi connectivity index (χ0n) is 18.3. The molecule has 2 aliphatic rings. The number of benzene rings is 2. The van der Waals surface area contributed by atoms with Gasteiger partial charge in [0.05, 0.1) is 18.1 Å². The van der Waals surface area contributed by atoms with E-state index in [-0.39, 0.29) is 12.5 Å². The largest absolute Gasteiger partial charge is 0.378 e. The molecule has 1 aromatic heterocycles. The van der Waals surface area contributed by atoms with Crippen LogP contribution in [0.5, 0.6) is 0 Å². The fourth-order valence-electron chi connectivity index (χ4n) is 4.18. The number of rotatable bonds is 5. The quantitative estimate of drug-likeness (QED) is 0.495. The number of halogens is 1. The van der Waals surface area contributed by atoms with Crippen molar-refractivity contribution in [3.8, 4) is 0 Å². The number of fused-ring (bicyclic) bond motifs is 1. The average Bonchev–Trinajstić information content (AvgIpc) is 3.31. The molecule has 0 bridgehead atoms. The number of thioether (sulfide) groups is 1. The molecule has 174 valence electrons. The Morgan fingerprint density at radius 1 is 1.09 bits per heavy atom. The summed E-state index contributed by atoms with van der Waals surface area (Å²) in [4.78, 5) is 41.1. The van der Waals surface area contributed by atoms with Crippen molar-refractivity contribution in [1.82, 2.24) is 14.4 Å². The molecule has 3 heterocycles. The van der Waals surface area contributed by atoms with E-state index in [1.165, 1.54) is 0 Å². The molecular formula is C25H22ClN3O4S. The van der Waals surface area contributed by atoms with E-state index >= 15 is 0 Å². The maximum atomic E-state index is 13.0. The molecule has 0 saturated carbocycles. The van der Waals surface area contributed by atoms with Gasteiger partial charge >= 0.3 is 0 Å². The number of nitrogens with zero attached hydrogens (tertiary/aromatic N) is 3. The Morgan fingerprint density at radius 2 is 1.88 bits per heavy atom. The Morgan fingerprint density at radius 3 is 2.68 bits per heavy atom. The Bertz CT molecular complexity index is 1310. The molecule has 2 aromatic carbocycles. The topological polar surface area (TPSA) is 71.9 Å². The van der Waals surface area contributed by atoms with E-state index in [0.717, 1.165) is 38.7 Å². The number of hydrogen-bond donors (Lipinski definition) is 0. The zero-order valence-corrected chi connectivity index (χ0v) is 19.8. The third-order valence-electron chi connectivity index (χ3n) is 5.88. The normalized spacial score (nSPS) is 17.9. The van der Waals surface area contributed by atoms with Crippen LogP contribution in [-0.4, -0.2) is 64.3 Å². The Hall–Kier alpha value is -3.07. The van der Waals surface area contributed by atoms with E-state index in [0.29, 0.717) is 42.8 Å². The summed E-state index contributed by atoms with van der Waals surface area (Å²) in [5, 5.41) is 1.22. The highest BCUT2D eigenvalue weighted by Gasteiger charge is 2.37. The summed E-state index contributed by atoms with van der Waals surface area (Å²) in [5.41, 5.74) is 2.90. The smallest absolute Gasteiger partial charge is 0.294 e. The lowest BCUT2D eigenvalue weighted by molar-refractivity contribution is -0.139. The molecule has 0 spiro atoms. The van der Waals surface area contributed by atoms with Crippen molar-refractivity contribution in [1.29, 1.82) is 0 Å². The molecule has 0 atom stereocenters. The van der Waals surface area contributed by atoms with Gasteiger partial charge in [0.15, 0.2) is 0 Å². The molecule has 9 heteroatoms. The second-order valence-corrected chi connectivity index (χ2v) is 9.55. The minimum atomic E-state index is -0.441. The number of carbonyl (C=O) groups excluding carboxylic acids is 3. The van der Waals surface area contributed by atoms with Gasteiger partial charge in [0.25, 0.3) is 11.1 Å². The maximum absolute atomic E-state index is 13.0. The van der Waals surface area contributed by atoms with Crippen molar-refractivity contribution in [2.75, 3.05) is 32.8 Å². The minimum absolute atomic E-state index is 0.245. The van der Waals surface area contributed by atoms with E-state index in [1.54, 1.807) is 11.0 Å². The number of amides is 3. The molecule has 2 aliphatic heterocycles. The van der Waals surface area contributed by atoms with Crippen LogP contribution in [0.25, 0.3) is 17.0 Å². The van der Waals surface area contributed by atoms with Gasteiger partial charge in [0, 0.05) is 47.3 Å². The third-order valence-corrected chi connectivity index (χ3v) is 7.02. The van der Waals surface area contributed by atoms with Gasteiger partial charge in [-0.25, -0.2) is 0 Å². The molecule has 0 unspecified atom stereocenters. The number of imide groups is 1. The summed E-state index contributed by atoms with van der Waals surface area (Å²) in [6.45, 7) is 2.23.